The smallest absolute Gasteiger partial charge is 0.256 e. The highest BCUT2D eigenvalue weighted by Gasteiger charge is 2.42. The summed E-state index contributed by atoms with van der Waals surface area (Å²) >= 11 is 0. The molecular weight excluding hydrogens is 787 g/mol. The van der Waals surface area contributed by atoms with Crippen molar-refractivity contribution in [3.8, 4) is 28.8 Å². The van der Waals surface area contributed by atoms with Gasteiger partial charge in [-0.3, -0.25) is 9.58 Å². The Bertz CT molecular complexity index is 1900. The van der Waals surface area contributed by atoms with Crippen LogP contribution in [0, 0.1) is 11.3 Å². The van der Waals surface area contributed by atoms with Crippen LogP contribution in [0.3, 0.4) is 0 Å². The maximum atomic E-state index is 9.75. The summed E-state index contributed by atoms with van der Waals surface area (Å²) in [6.45, 7) is 9.20. The number of aromatic nitrogens is 8. The first kappa shape index (κ1) is 44.3. The molecule has 4 aromatic rings. The summed E-state index contributed by atoms with van der Waals surface area (Å²) in [6, 6.07) is 9.62. The van der Waals surface area contributed by atoms with Gasteiger partial charge in [0.15, 0.2) is 0 Å². The molecule has 3 fully saturated rings. The molecule has 19 nitrogen and oxygen atoms in total. The number of fused-ring (bicyclic) bond motifs is 2. The molecule has 3 atom stereocenters. The number of nitrogens with one attached hydrogen (secondary N) is 1. The van der Waals surface area contributed by atoms with Crippen molar-refractivity contribution < 1.29 is 37.9 Å². The fraction of sp³-hybridized carbons (Fsp3) is 0.643. The van der Waals surface area contributed by atoms with Crippen LogP contribution in [0.15, 0.2) is 43.1 Å². The Balaban J connectivity index is 0.919. The van der Waals surface area contributed by atoms with Gasteiger partial charge in [0.1, 0.15) is 29.9 Å². The third-order valence-corrected chi connectivity index (χ3v) is 11.2. The summed E-state index contributed by atoms with van der Waals surface area (Å²) in [5.74, 6) is 1.36. The molecular formula is C42H59N11O8. The van der Waals surface area contributed by atoms with E-state index >= 15 is 0 Å². The van der Waals surface area contributed by atoms with Crippen molar-refractivity contribution in [2.45, 2.75) is 88.7 Å². The number of nitrogens with zero attached hydrogens (tertiary/aromatic N) is 10. The molecule has 7 rings (SSSR count). The standard InChI is InChI=1S/C42H59N11O8/c1-31(26-51-30-46-49-50-51)61-40-22-32(4-5-33(40)23-43)34-24-44-42(45-25-34)47-39-27-52(35-6-8-36(9-7-35)53-37-10-11-38(53)29-59-28-37)48-41(39)60-13-3-12-55-16-17-57-20-21-58-19-18-56-15-14-54-2/h4-5,22,24-25,27,30-31,35-38H,3,6-21,26,28-29H2,1-2H3,(H,44,45,47)/t31-,35?,36?,37-,38+/m0/s1. The molecule has 2 saturated heterocycles. The molecule has 0 unspecified atom stereocenters. The van der Waals surface area contributed by atoms with Crippen molar-refractivity contribution in [2.75, 3.05) is 91.7 Å². The monoisotopic (exact) mass is 845 g/mol. The second-order valence-corrected chi connectivity index (χ2v) is 15.5. The highest BCUT2D eigenvalue weighted by atomic mass is 16.6. The zero-order chi connectivity index (χ0) is 42.1. The van der Waals surface area contributed by atoms with Gasteiger partial charge in [-0.25, -0.2) is 14.6 Å². The van der Waals surface area contributed by atoms with Gasteiger partial charge in [0.2, 0.25) is 5.95 Å². The van der Waals surface area contributed by atoms with Crippen molar-refractivity contribution in [1.82, 2.24) is 44.9 Å². The number of benzene rings is 1. The number of hydrogen-bond acceptors (Lipinski definition) is 17. The number of nitriles is 1. The van der Waals surface area contributed by atoms with E-state index in [9.17, 15) is 5.26 Å². The molecule has 5 heterocycles. The van der Waals surface area contributed by atoms with Crippen LogP contribution in [0.1, 0.15) is 63.5 Å². The summed E-state index contributed by atoms with van der Waals surface area (Å²) in [4.78, 5) is 12.1. The van der Waals surface area contributed by atoms with Gasteiger partial charge in [-0.1, -0.05) is 6.07 Å². The van der Waals surface area contributed by atoms with E-state index in [1.807, 2.05) is 25.3 Å². The Morgan fingerprint density at radius 3 is 2.13 bits per heavy atom. The molecule has 0 amide bonds. The number of tetrazole rings is 1. The maximum absolute atomic E-state index is 9.75. The minimum absolute atomic E-state index is 0.266. The van der Waals surface area contributed by atoms with Gasteiger partial charge in [0.05, 0.1) is 97.0 Å². The Hall–Kier alpha value is -4.81. The number of methoxy groups -OCH3 is 1. The van der Waals surface area contributed by atoms with Crippen molar-refractivity contribution >= 4 is 11.6 Å². The van der Waals surface area contributed by atoms with Gasteiger partial charge in [-0.2, -0.15) is 5.26 Å². The lowest BCUT2D eigenvalue weighted by Crippen LogP contribution is -2.52. The normalized spacial score (nSPS) is 20.7. The van der Waals surface area contributed by atoms with E-state index < -0.39 is 0 Å². The fourth-order valence-corrected chi connectivity index (χ4v) is 8.20. The predicted molar refractivity (Wildman–Crippen MR) is 222 cm³/mol. The number of anilines is 2. The Kier molecular flexibility index (Phi) is 17.0. The second kappa shape index (κ2) is 23.4. The van der Waals surface area contributed by atoms with Crippen LogP contribution in [0.2, 0.25) is 0 Å². The van der Waals surface area contributed by atoms with Crippen LogP contribution in [-0.2, 0) is 35.0 Å². The van der Waals surface area contributed by atoms with E-state index in [4.69, 9.17) is 43.0 Å². The first-order valence-corrected chi connectivity index (χ1v) is 21.5. The average Bonchev–Trinajstić information content (AvgIpc) is 4.01. The lowest BCUT2D eigenvalue weighted by molar-refractivity contribution is -0.0458. The first-order chi connectivity index (χ1) is 30.1. The summed E-state index contributed by atoms with van der Waals surface area (Å²) in [7, 11) is 1.65. The number of ether oxygens (including phenoxy) is 8. The van der Waals surface area contributed by atoms with E-state index in [0.717, 1.165) is 50.0 Å². The van der Waals surface area contributed by atoms with Crippen LogP contribution in [0.25, 0.3) is 11.1 Å². The Morgan fingerprint density at radius 1 is 0.820 bits per heavy atom. The molecule has 0 spiro atoms. The maximum Gasteiger partial charge on any atom is 0.256 e. The molecule has 0 radical (unpaired) electrons. The van der Waals surface area contributed by atoms with E-state index in [1.54, 1.807) is 30.3 Å². The van der Waals surface area contributed by atoms with Gasteiger partial charge in [0.25, 0.3) is 5.88 Å². The number of hydrogen-bond donors (Lipinski definition) is 1. The molecule has 19 heteroatoms. The zero-order valence-corrected chi connectivity index (χ0v) is 35.3. The van der Waals surface area contributed by atoms with Gasteiger partial charge in [0, 0.05) is 56.2 Å². The van der Waals surface area contributed by atoms with E-state index in [-0.39, 0.29) is 12.1 Å². The second-order valence-electron chi connectivity index (χ2n) is 15.5. The molecule has 1 saturated carbocycles. The molecule has 1 N–H and O–H groups in total. The van der Waals surface area contributed by atoms with Gasteiger partial charge in [-0.05, 0) is 73.6 Å². The van der Waals surface area contributed by atoms with Crippen LogP contribution >= 0.6 is 0 Å². The molecule has 3 aromatic heterocycles. The van der Waals surface area contributed by atoms with Crippen molar-refractivity contribution in [2.24, 2.45) is 0 Å². The van der Waals surface area contributed by atoms with Gasteiger partial charge < -0.3 is 43.2 Å². The van der Waals surface area contributed by atoms with E-state index in [0.29, 0.717) is 126 Å². The molecule has 1 aliphatic carbocycles. The highest BCUT2D eigenvalue weighted by Crippen LogP contribution is 2.39. The summed E-state index contributed by atoms with van der Waals surface area (Å²) < 4.78 is 49.1. The summed E-state index contributed by atoms with van der Waals surface area (Å²) in [6.07, 6.45) is 14.3. The molecule has 2 aliphatic heterocycles. The highest BCUT2D eigenvalue weighted by molar-refractivity contribution is 5.67. The van der Waals surface area contributed by atoms with Gasteiger partial charge >= 0.3 is 0 Å². The third kappa shape index (κ3) is 12.9. The van der Waals surface area contributed by atoms with Crippen LogP contribution in [-0.4, -0.2) is 155 Å². The minimum atomic E-state index is -0.285. The SMILES string of the molecule is COCCOCCOCCOCCOCCCOc1nn(C2CCC(N3[C@@H]4CC[C@H]3COC4)CC2)cc1Nc1ncc(-c2ccc(C#N)c(O[C@@H](C)Cn3cnnn3)c2)cn1. The summed E-state index contributed by atoms with van der Waals surface area (Å²) in [5.41, 5.74) is 2.70. The van der Waals surface area contributed by atoms with E-state index in [2.05, 4.69) is 46.5 Å². The lowest BCUT2D eigenvalue weighted by Gasteiger charge is -2.43. The molecule has 330 valence electrons. The molecule has 2 bridgehead atoms. The fourth-order valence-electron chi connectivity index (χ4n) is 8.20. The van der Waals surface area contributed by atoms with Crippen molar-refractivity contribution in [3.05, 3.63) is 48.7 Å². The van der Waals surface area contributed by atoms with Gasteiger partial charge in [-0.15, -0.1) is 10.2 Å². The quantitative estimate of drug-likeness (QED) is 0.0880. The molecule has 61 heavy (non-hydrogen) atoms. The van der Waals surface area contributed by atoms with Crippen molar-refractivity contribution in [3.63, 3.8) is 0 Å². The number of rotatable bonds is 26. The third-order valence-electron chi connectivity index (χ3n) is 11.2. The van der Waals surface area contributed by atoms with Crippen LogP contribution in [0.5, 0.6) is 11.6 Å². The Labute approximate surface area is 356 Å². The molecule has 3 aliphatic rings. The zero-order valence-electron chi connectivity index (χ0n) is 35.3. The van der Waals surface area contributed by atoms with Crippen LogP contribution in [0.4, 0.5) is 11.6 Å². The molecule has 1 aromatic carbocycles. The lowest BCUT2D eigenvalue weighted by atomic mass is 9.89. The summed E-state index contributed by atoms with van der Waals surface area (Å²) in [5, 5.41) is 29.3. The first-order valence-electron chi connectivity index (χ1n) is 21.5. The Morgan fingerprint density at radius 2 is 1.48 bits per heavy atom. The predicted octanol–water partition coefficient (Wildman–Crippen LogP) is 4.24. The largest absolute Gasteiger partial charge is 0.487 e. The minimum Gasteiger partial charge on any atom is -0.487 e. The number of morpholine rings is 1. The van der Waals surface area contributed by atoms with Crippen LogP contribution < -0.4 is 14.8 Å². The van der Waals surface area contributed by atoms with E-state index in [1.165, 1.54) is 19.2 Å². The average molecular weight is 846 g/mol. The van der Waals surface area contributed by atoms with Crippen molar-refractivity contribution in [1.29, 1.82) is 5.26 Å². The topological polar surface area (TPSA) is 200 Å².